The van der Waals surface area contributed by atoms with Crippen LogP contribution in [-0.2, 0) is 17.8 Å². The van der Waals surface area contributed by atoms with Crippen molar-refractivity contribution >= 4 is 17.7 Å². The molecule has 1 amide bonds. The smallest absolute Gasteiger partial charge is 0.248 e. The van der Waals surface area contributed by atoms with Crippen molar-refractivity contribution in [1.29, 1.82) is 0 Å². The van der Waals surface area contributed by atoms with E-state index in [9.17, 15) is 4.79 Å². The van der Waals surface area contributed by atoms with Crippen molar-refractivity contribution in [3.8, 4) is 5.75 Å². The SMILES string of the molecule is CCc1ccccc1NC(=O)C=Cc1ccc(OCc2ccccc2)cc1. The normalized spacial score (nSPS) is 10.7. The Bertz CT molecular complexity index is 899. The van der Waals surface area contributed by atoms with E-state index in [0.717, 1.165) is 34.5 Å². The fraction of sp³-hybridized carbons (Fsp3) is 0.125. The average Bonchev–Trinajstić information content (AvgIpc) is 2.72. The van der Waals surface area contributed by atoms with Crippen LogP contribution < -0.4 is 10.1 Å². The second kappa shape index (κ2) is 9.39. The minimum Gasteiger partial charge on any atom is -0.489 e. The number of anilines is 1. The van der Waals surface area contributed by atoms with Gasteiger partial charge in [-0.1, -0.05) is 67.6 Å². The summed E-state index contributed by atoms with van der Waals surface area (Å²) in [6.45, 7) is 2.61. The number of aryl methyl sites for hydroxylation is 1. The molecule has 1 N–H and O–H groups in total. The highest BCUT2D eigenvalue weighted by Crippen LogP contribution is 2.17. The summed E-state index contributed by atoms with van der Waals surface area (Å²) in [5, 5.41) is 2.93. The van der Waals surface area contributed by atoms with E-state index in [1.165, 1.54) is 0 Å². The van der Waals surface area contributed by atoms with E-state index < -0.39 is 0 Å². The molecule has 0 saturated heterocycles. The molecule has 0 unspecified atom stereocenters. The summed E-state index contributed by atoms with van der Waals surface area (Å²) < 4.78 is 5.77. The van der Waals surface area contributed by atoms with Gasteiger partial charge in [0.2, 0.25) is 5.91 Å². The van der Waals surface area contributed by atoms with Gasteiger partial charge >= 0.3 is 0 Å². The van der Waals surface area contributed by atoms with Crippen LogP contribution in [0.25, 0.3) is 6.08 Å². The van der Waals surface area contributed by atoms with Gasteiger partial charge in [-0.05, 0) is 47.4 Å². The van der Waals surface area contributed by atoms with Gasteiger partial charge in [-0.15, -0.1) is 0 Å². The van der Waals surface area contributed by atoms with Crippen molar-refractivity contribution in [2.45, 2.75) is 20.0 Å². The quantitative estimate of drug-likeness (QED) is 0.569. The molecule has 0 radical (unpaired) electrons. The number of carbonyl (C=O) groups is 1. The zero-order chi connectivity index (χ0) is 18.9. The molecule has 27 heavy (non-hydrogen) atoms. The van der Waals surface area contributed by atoms with Crippen LogP contribution in [0.1, 0.15) is 23.6 Å². The van der Waals surface area contributed by atoms with E-state index in [-0.39, 0.29) is 5.91 Å². The maximum Gasteiger partial charge on any atom is 0.248 e. The van der Waals surface area contributed by atoms with Crippen LogP contribution in [0.4, 0.5) is 5.69 Å². The summed E-state index contributed by atoms with van der Waals surface area (Å²) in [7, 11) is 0. The van der Waals surface area contributed by atoms with Crippen LogP contribution >= 0.6 is 0 Å². The number of nitrogens with one attached hydrogen (secondary N) is 1. The number of amides is 1. The highest BCUT2D eigenvalue weighted by molar-refractivity contribution is 6.02. The molecule has 0 fully saturated rings. The van der Waals surface area contributed by atoms with Gasteiger partial charge in [0.05, 0.1) is 0 Å². The monoisotopic (exact) mass is 357 g/mol. The summed E-state index contributed by atoms with van der Waals surface area (Å²) in [6.07, 6.45) is 4.22. The summed E-state index contributed by atoms with van der Waals surface area (Å²) in [5.74, 6) is 0.664. The fourth-order valence-corrected chi connectivity index (χ4v) is 2.71. The predicted octanol–water partition coefficient (Wildman–Crippen LogP) is 5.48. The number of ether oxygens (including phenoxy) is 1. The van der Waals surface area contributed by atoms with Gasteiger partial charge in [0.1, 0.15) is 12.4 Å². The lowest BCUT2D eigenvalue weighted by atomic mass is 10.1. The summed E-state index contributed by atoms with van der Waals surface area (Å²) in [5.41, 5.74) is 4.06. The lowest BCUT2D eigenvalue weighted by Gasteiger charge is -2.07. The number of para-hydroxylation sites is 1. The molecule has 3 heteroatoms. The van der Waals surface area contributed by atoms with Gasteiger partial charge in [0.15, 0.2) is 0 Å². The van der Waals surface area contributed by atoms with Gasteiger partial charge in [-0.2, -0.15) is 0 Å². The molecule has 3 nitrogen and oxygen atoms in total. The molecule has 0 aliphatic rings. The molecule has 3 rings (SSSR count). The minimum absolute atomic E-state index is 0.139. The lowest BCUT2D eigenvalue weighted by molar-refractivity contribution is -0.111. The summed E-state index contributed by atoms with van der Waals surface area (Å²) in [6, 6.07) is 25.6. The zero-order valence-corrected chi connectivity index (χ0v) is 15.4. The molecule has 0 aromatic heterocycles. The van der Waals surface area contributed by atoms with Crippen molar-refractivity contribution < 1.29 is 9.53 Å². The van der Waals surface area contributed by atoms with Crippen molar-refractivity contribution in [1.82, 2.24) is 0 Å². The van der Waals surface area contributed by atoms with Crippen LogP contribution in [-0.4, -0.2) is 5.91 Å². The van der Waals surface area contributed by atoms with Crippen LogP contribution in [0.5, 0.6) is 5.75 Å². The van der Waals surface area contributed by atoms with Crippen LogP contribution in [0, 0.1) is 0 Å². The maximum atomic E-state index is 12.2. The number of carbonyl (C=O) groups excluding carboxylic acids is 1. The third-order valence-electron chi connectivity index (χ3n) is 4.21. The Balaban J connectivity index is 1.55. The molecule has 0 atom stereocenters. The molecule has 3 aromatic rings. The van der Waals surface area contributed by atoms with E-state index >= 15 is 0 Å². The van der Waals surface area contributed by atoms with E-state index in [4.69, 9.17) is 4.74 Å². The van der Waals surface area contributed by atoms with E-state index in [1.54, 1.807) is 12.2 Å². The highest BCUT2D eigenvalue weighted by Gasteiger charge is 2.02. The third-order valence-corrected chi connectivity index (χ3v) is 4.21. The molecule has 0 bridgehead atoms. The standard InChI is InChI=1S/C24H23NO2/c1-2-21-10-6-7-11-23(21)25-24(26)17-14-19-12-15-22(16-13-19)27-18-20-8-4-3-5-9-20/h3-17H,2,18H2,1H3,(H,25,26). The van der Waals surface area contributed by atoms with Crippen LogP contribution in [0.3, 0.4) is 0 Å². The Morgan fingerprint density at radius 2 is 1.63 bits per heavy atom. The molecule has 0 aliphatic heterocycles. The third kappa shape index (κ3) is 5.58. The van der Waals surface area contributed by atoms with Gasteiger partial charge in [-0.25, -0.2) is 0 Å². The second-order valence-electron chi connectivity index (χ2n) is 6.18. The van der Waals surface area contributed by atoms with E-state index in [1.807, 2.05) is 78.9 Å². The van der Waals surface area contributed by atoms with Gasteiger partial charge in [0, 0.05) is 11.8 Å². The number of benzene rings is 3. The van der Waals surface area contributed by atoms with E-state index in [0.29, 0.717) is 6.61 Å². The Hall–Kier alpha value is -3.33. The topological polar surface area (TPSA) is 38.3 Å². The van der Waals surface area contributed by atoms with Gasteiger partial charge in [0.25, 0.3) is 0 Å². The van der Waals surface area contributed by atoms with Gasteiger partial charge < -0.3 is 10.1 Å². The first-order valence-corrected chi connectivity index (χ1v) is 9.08. The molecular weight excluding hydrogens is 334 g/mol. The van der Waals surface area contributed by atoms with Crippen LogP contribution in [0.2, 0.25) is 0 Å². The largest absolute Gasteiger partial charge is 0.489 e. The average molecular weight is 357 g/mol. The molecule has 0 saturated carbocycles. The zero-order valence-electron chi connectivity index (χ0n) is 15.4. The first kappa shape index (κ1) is 18.5. The Kier molecular flexibility index (Phi) is 6.42. The maximum absolute atomic E-state index is 12.2. The molecule has 136 valence electrons. The molecule has 0 spiro atoms. The van der Waals surface area contributed by atoms with Crippen molar-refractivity contribution in [3.05, 3.63) is 102 Å². The minimum atomic E-state index is -0.139. The number of rotatable bonds is 7. The van der Waals surface area contributed by atoms with Crippen LogP contribution in [0.15, 0.2) is 84.9 Å². The molecule has 0 heterocycles. The van der Waals surface area contributed by atoms with Crippen molar-refractivity contribution in [2.75, 3.05) is 5.32 Å². The number of hydrogen-bond acceptors (Lipinski definition) is 2. The molecule has 0 aliphatic carbocycles. The lowest BCUT2D eigenvalue weighted by Crippen LogP contribution is -2.09. The molecule has 3 aromatic carbocycles. The summed E-state index contributed by atoms with van der Waals surface area (Å²) in [4.78, 5) is 12.2. The Morgan fingerprint density at radius 1 is 0.926 bits per heavy atom. The second-order valence-corrected chi connectivity index (χ2v) is 6.18. The van der Waals surface area contributed by atoms with Crippen molar-refractivity contribution in [2.24, 2.45) is 0 Å². The Morgan fingerprint density at radius 3 is 2.37 bits per heavy atom. The first-order valence-electron chi connectivity index (χ1n) is 9.08. The fourth-order valence-electron chi connectivity index (χ4n) is 2.71. The molecular formula is C24H23NO2. The predicted molar refractivity (Wildman–Crippen MR) is 111 cm³/mol. The summed E-state index contributed by atoms with van der Waals surface area (Å²) >= 11 is 0. The van der Waals surface area contributed by atoms with Crippen molar-refractivity contribution in [3.63, 3.8) is 0 Å². The number of hydrogen-bond donors (Lipinski definition) is 1. The van der Waals surface area contributed by atoms with Gasteiger partial charge in [-0.3, -0.25) is 4.79 Å². The first-order chi connectivity index (χ1) is 13.2. The Labute approximate surface area is 160 Å². The van der Waals surface area contributed by atoms with E-state index in [2.05, 4.69) is 12.2 Å². The highest BCUT2D eigenvalue weighted by atomic mass is 16.5.